The average Bonchev–Trinajstić information content (AvgIpc) is 2.40. The van der Waals surface area contributed by atoms with Crippen LogP contribution >= 0.6 is 0 Å². The summed E-state index contributed by atoms with van der Waals surface area (Å²) in [5.41, 5.74) is 0.950. The summed E-state index contributed by atoms with van der Waals surface area (Å²) in [6, 6.07) is 6.08. The molecule has 1 N–H and O–H groups in total. The zero-order valence-electron chi connectivity index (χ0n) is 12.1. The van der Waals surface area contributed by atoms with E-state index in [1.165, 1.54) is 12.8 Å². The monoisotopic (exact) mass is 260 g/mol. The molecule has 2 rings (SSSR count). The molecule has 1 saturated carbocycles. The van der Waals surface area contributed by atoms with E-state index in [2.05, 4.69) is 37.1 Å². The van der Waals surface area contributed by atoms with Crippen LogP contribution in [0.4, 0.5) is 0 Å². The van der Waals surface area contributed by atoms with Crippen LogP contribution in [0.1, 0.15) is 51.6 Å². The van der Waals surface area contributed by atoms with Crippen LogP contribution in [0.15, 0.2) is 24.4 Å². The summed E-state index contributed by atoms with van der Waals surface area (Å²) in [5, 5.41) is 3.16. The normalized spacial score (nSPS) is 31.2. The van der Waals surface area contributed by atoms with E-state index in [-0.39, 0.29) is 5.54 Å². The van der Waals surface area contributed by atoms with E-state index < -0.39 is 0 Å². The number of rotatable bonds is 4. The van der Waals surface area contributed by atoms with Gasteiger partial charge in [-0.2, -0.15) is 0 Å². The van der Waals surface area contributed by atoms with Gasteiger partial charge in [0.15, 0.2) is 0 Å². The number of hydrogen-bond donors (Lipinski definition) is 1. The first kappa shape index (κ1) is 14.0. The van der Waals surface area contributed by atoms with Crippen molar-refractivity contribution in [3.05, 3.63) is 30.1 Å². The second-order valence-electron chi connectivity index (χ2n) is 6.06. The third-order valence-corrected chi connectivity index (χ3v) is 4.74. The minimum absolute atomic E-state index is 0.159. The lowest BCUT2D eigenvalue weighted by atomic mass is 9.61. The molecule has 19 heavy (non-hydrogen) atoms. The van der Waals surface area contributed by atoms with Crippen molar-refractivity contribution >= 4 is 6.41 Å². The molecule has 1 aliphatic rings. The lowest BCUT2D eigenvalue weighted by Gasteiger charge is -2.49. The number of nitrogens with zero attached hydrogens (tertiary/aromatic N) is 1. The van der Waals surface area contributed by atoms with Crippen LogP contribution in [0, 0.1) is 11.8 Å². The Balaban J connectivity index is 2.45. The molecule has 104 valence electrons. The summed E-state index contributed by atoms with van der Waals surface area (Å²) in [6.07, 6.45) is 6.13. The second-order valence-corrected chi connectivity index (χ2v) is 6.06. The van der Waals surface area contributed by atoms with Crippen molar-refractivity contribution in [2.45, 2.75) is 51.5 Å². The number of pyridine rings is 1. The molecule has 3 nitrogen and oxygen atoms in total. The van der Waals surface area contributed by atoms with Gasteiger partial charge in [0.25, 0.3) is 0 Å². The van der Waals surface area contributed by atoms with E-state index in [1.54, 1.807) is 0 Å². The third-order valence-electron chi connectivity index (χ3n) is 4.74. The quantitative estimate of drug-likeness (QED) is 0.845. The third kappa shape index (κ3) is 2.51. The maximum absolute atomic E-state index is 11.1. The summed E-state index contributed by atoms with van der Waals surface area (Å²) >= 11 is 0. The second kappa shape index (κ2) is 5.72. The van der Waals surface area contributed by atoms with Crippen molar-refractivity contribution in [1.29, 1.82) is 0 Å². The molecular formula is C16H24N2O. The Labute approximate surface area is 115 Å². The van der Waals surface area contributed by atoms with E-state index >= 15 is 0 Å². The van der Waals surface area contributed by atoms with Gasteiger partial charge in [-0.15, -0.1) is 0 Å². The van der Waals surface area contributed by atoms with Gasteiger partial charge < -0.3 is 5.32 Å². The largest absolute Gasteiger partial charge is 0.352 e. The first-order valence-electron chi connectivity index (χ1n) is 7.24. The summed E-state index contributed by atoms with van der Waals surface area (Å²) in [7, 11) is 0. The van der Waals surface area contributed by atoms with Gasteiger partial charge in [0.05, 0.1) is 5.54 Å². The Morgan fingerprint density at radius 2 is 2.26 bits per heavy atom. The summed E-state index contributed by atoms with van der Waals surface area (Å²) in [5.74, 6) is 1.23. The lowest BCUT2D eigenvalue weighted by molar-refractivity contribution is -0.113. The first-order chi connectivity index (χ1) is 9.12. The average molecular weight is 260 g/mol. The van der Waals surface area contributed by atoms with Gasteiger partial charge in [-0.05, 0) is 36.8 Å². The number of aromatic nitrogens is 1. The Bertz CT molecular complexity index is 418. The van der Waals surface area contributed by atoms with E-state index in [1.807, 2.05) is 18.3 Å². The van der Waals surface area contributed by atoms with Crippen molar-refractivity contribution in [3.63, 3.8) is 0 Å². The number of carbonyl (C=O) groups is 1. The van der Waals surface area contributed by atoms with E-state index in [9.17, 15) is 4.79 Å². The van der Waals surface area contributed by atoms with Crippen LogP contribution in [0.3, 0.4) is 0 Å². The fourth-order valence-corrected chi connectivity index (χ4v) is 3.75. The highest BCUT2D eigenvalue weighted by Gasteiger charge is 2.47. The van der Waals surface area contributed by atoms with E-state index in [0.717, 1.165) is 18.5 Å². The molecule has 1 aromatic heterocycles. The van der Waals surface area contributed by atoms with Crippen LogP contribution in [-0.2, 0) is 4.79 Å². The van der Waals surface area contributed by atoms with Crippen LogP contribution in [0.2, 0.25) is 0 Å². The topological polar surface area (TPSA) is 42.0 Å². The highest BCUT2D eigenvalue weighted by Crippen LogP contribution is 2.47. The Morgan fingerprint density at radius 3 is 2.84 bits per heavy atom. The molecule has 0 radical (unpaired) electrons. The van der Waals surface area contributed by atoms with Crippen LogP contribution < -0.4 is 5.32 Å². The van der Waals surface area contributed by atoms with Gasteiger partial charge in [-0.25, -0.2) is 0 Å². The molecule has 0 aromatic carbocycles. The molecule has 1 amide bonds. The molecule has 0 saturated heterocycles. The molecule has 3 unspecified atom stereocenters. The zero-order valence-corrected chi connectivity index (χ0v) is 12.1. The predicted octanol–water partition coefficient (Wildman–Crippen LogP) is 3.13. The molecule has 0 bridgehead atoms. The number of hydrogen-bond acceptors (Lipinski definition) is 2. The molecule has 1 fully saturated rings. The highest BCUT2D eigenvalue weighted by molar-refractivity contribution is 5.49. The van der Waals surface area contributed by atoms with Crippen LogP contribution in [0.5, 0.6) is 0 Å². The number of amides is 1. The number of carbonyl (C=O) groups excluding carboxylic acids is 1. The SMILES string of the molecule is CC1CCCC(NC=O)(C(C)C)C1c1ccccn1. The van der Waals surface area contributed by atoms with Crippen molar-refractivity contribution in [2.24, 2.45) is 11.8 Å². The van der Waals surface area contributed by atoms with Crippen molar-refractivity contribution in [2.75, 3.05) is 0 Å². The van der Waals surface area contributed by atoms with Gasteiger partial charge in [0, 0.05) is 17.8 Å². The van der Waals surface area contributed by atoms with E-state index in [4.69, 9.17) is 0 Å². The summed E-state index contributed by atoms with van der Waals surface area (Å²) < 4.78 is 0. The highest BCUT2D eigenvalue weighted by atomic mass is 16.1. The van der Waals surface area contributed by atoms with Crippen molar-refractivity contribution in [1.82, 2.24) is 10.3 Å². The van der Waals surface area contributed by atoms with Gasteiger partial charge in [0.2, 0.25) is 6.41 Å². The van der Waals surface area contributed by atoms with Crippen LogP contribution in [-0.4, -0.2) is 16.9 Å². The van der Waals surface area contributed by atoms with Gasteiger partial charge in [-0.3, -0.25) is 9.78 Å². The fourth-order valence-electron chi connectivity index (χ4n) is 3.75. The Kier molecular flexibility index (Phi) is 4.23. The Morgan fingerprint density at radius 1 is 1.47 bits per heavy atom. The molecule has 1 aromatic rings. The van der Waals surface area contributed by atoms with Crippen LogP contribution in [0.25, 0.3) is 0 Å². The van der Waals surface area contributed by atoms with Gasteiger partial charge >= 0.3 is 0 Å². The van der Waals surface area contributed by atoms with E-state index in [0.29, 0.717) is 17.8 Å². The fraction of sp³-hybridized carbons (Fsp3) is 0.625. The maximum Gasteiger partial charge on any atom is 0.207 e. The molecule has 3 atom stereocenters. The van der Waals surface area contributed by atoms with Crippen molar-refractivity contribution in [3.8, 4) is 0 Å². The lowest BCUT2D eigenvalue weighted by Crippen LogP contribution is -2.57. The maximum atomic E-state index is 11.1. The molecule has 3 heteroatoms. The molecule has 0 aliphatic heterocycles. The smallest absolute Gasteiger partial charge is 0.207 e. The number of nitrogens with one attached hydrogen (secondary N) is 1. The minimum atomic E-state index is -0.159. The van der Waals surface area contributed by atoms with Gasteiger partial charge in [-0.1, -0.05) is 33.3 Å². The minimum Gasteiger partial charge on any atom is -0.352 e. The molecular weight excluding hydrogens is 236 g/mol. The van der Waals surface area contributed by atoms with Crippen molar-refractivity contribution < 1.29 is 4.79 Å². The standard InChI is InChI=1S/C16H24N2O/c1-12(2)16(18-11-19)9-6-7-13(3)15(16)14-8-4-5-10-17-14/h4-5,8,10-13,15H,6-7,9H2,1-3H3,(H,18,19). The summed E-state index contributed by atoms with van der Waals surface area (Å²) in [4.78, 5) is 15.7. The molecule has 1 heterocycles. The van der Waals surface area contributed by atoms with Gasteiger partial charge in [0.1, 0.15) is 0 Å². The predicted molar refractivity (Wildman–Crippen MR) is 76.8 cm³/mol. The summed E-state index contributed by atoms with van der Waals surface area (Å²) in [6.45, 7) is 6.68. The molecule has 1 aliphatic carbocycles. The zero-order chi connectivity index (χ0) is 13.9. The first-order valence-corrected chi connectivity index (χ1v) is 7.24. The Hall–Kier alpha value is -1.38. The molecule has 0 spiro atoms.